The van der Waals surface area contributed by atoms with Crippen molar-refractivity contribution in [2.45, 2.75) is 20.8 Å². The van der Waals surface area contributed by atoms with Crippen LogP contribution in [0.4, 0.5) is 11.4 Å². The number of anilines is 1. The minimum atomic E-state index is -0.743. The van der Waals surface area contributed by atoms with Crippen LogP contribution in [0.2, 0.25) is 0 Å². The summed E-state index contributed by atoms with van der Waals surface area (Å²) >= 11 is 0. The maximum atomic E-state index is 12.3. The van der Waals surface area contributed by atoms with E-state index in [0.717, 1.165) is 23.3 Å². The highest BCUT2D eigenvalue weighted by atomic mass is 16.5. The summed E-state index contributed by atoms with van der Waals surface area (Å²) in [4.78, 5) is 33.3. The molecule has 0 spiro atoms. The molecule has 8 nitrogen and oxygen atoms in total. The van der Waals surface area contributed by atoms with Crippen molar-refractivity contribution in [1.82, 2.24) is 9.55 Å². The van der Waals surface area contributed by atoms with E-state index in [0.29, 0.717) is 23.7 Å². The fraction of sp³-hybridized carbons (Fsp3) is 0.261. The summed E-state index contributed by atoms with van der Waals surface area (Å²) in [5.41, 5.74) is 0.518. The molecule has 0 saturated carbocycles. The maximum Gasteiger partial charge on any atom is 0.335 e. The number of rotatable bonds is 8. The number of hydrogen-bond acceptors (Lipinski definition) is 6. The summed E-state index contributed by atoms with van der Waals surface area (Å²) in [5.74, 6) is 0.152. The van der Waals surface area contributed by atoms with Crippen LogP contribution in [0.3, 0.4) is 0 Å². The van der Waals surface area contributed by atoms with Crippen LogP contribution in [-0.4, -0.2) is 40.6 Å². The van der Waals surface area contributed by atoms with Gasteiger partial charge in [-0.05, 0) is 69.3 Å². The second kappa shape index (κ2) is 9.80. The van der Waals surface area contributed by atoms with Crippen LogP contribution in [0.15, 0.2) is 63.1 Å². The smallest absolute Gasteiger partial charge is 0.335 e. The number of benzene rings is 2. The Morgan fingerprint density at radius 3 is 2.26 bits per heavy atom. The van der Waals surface area contributed by atoms with Gasteiger partial charge in [0, 0.05) is 25.0 Å². The highest BCUT2D eigenvalue weighted by Gasteiger charge is 2.14. The van der Waals surface area contributed by atoms with Crippen LogP contribution >= 0.6 is 0 Å². The fourth-order valence-electron chi connectivity index (χ4n) is 3.23. The molecular weight excluding hydrogens is 396 g/mol. The molecule has 3 rings (SSSR count). The van der Waals surface area contributed by atoms with Gasteiger partial charge in [-0.15, -0.1) is 0 Å². The van der Waals surface area contributed by atoms with Gasteiger partial charge in [-0.3, -0.25) is 14.8 Å². The lowest BCUT2D eigenvalue weighted by molar-refractivity contribution is 0.340. The number of nitrogens with one attached hydrogen (secondary N) is 1. The first-order chi connectivity index (χ1) is 15.0. The van der Waals surface area contributed by atoms with E-state index in [-0.39, 0.29) is 5.56 Å². The Labute approximate surface area is 180 Å². The predicted octanol–water partition coefficient (Wildman–Crippen LogP) is 3.23. The van der Waals surface area contributed by atoms with Gasteiger partial charge in [0.25, 0.3) is 5.56 Å². The third kappa shape index (κ3) is 4.85. The van der Waals surface area contributed by atoms with Crippen molar-refractivity contribution < 1.29 is 9.84 Å². The molecule has 31 heavy (non-hydrogen) atoms. The number of nitrogens with zero attached hydrogens (tertiary/aromatic N) is 3. The van der Waals surface area contributed by atoms with Gasteiger partial charge in [0.05, 0.1) is 18.0 Å². The lowest BCUT2D eigenvalue weighted by atomic mass is 10.2. The first-order valence-electron chi connectivity index (χ1n) is 10.2. The Balaban J connectivity index is 1.94. The summed E-state index contributed by atoms with van der Waals surface area (Å²) in [6, 6.07) is 14.2. The van der Waals surface area contributed by atoms with Crippen LogP contribution in [0.1, 0.15) is 26.3 Å². The second-order valence-corrected chi connectivity index (χ2v) is 6.71. The molecule has 1 heterocycles. The Morgan fingerprint density at radius 1 is 1.03 bits per heavy atom. The molecule has 8 heteroatoms. The molecule has 0 fully saturated rings. The number of aromatic nitrogens is 2. The van der Waals surface area contributed by atoms with Gasteiger partial charge in [-0.2, -0.15) is 0 Å². The molecule has 162 valence electrons. The van der Waals surface area contributed by atoms with Gasteiger partial charge < -0.3 is 14.7 Å². The predicted molar refractivity (Wildman–Crippen MR) is 123 cm³/mol. The molecule has 0 aliphatic rings. The number of hydrogen-bond donors (Lipinski definition) is 2. The molecule has 1 aromatic heterocycles. The van der Waals surface area contributed by atoms with Crippen molar-refractivity contribution in [3.63, 3.8) is 0 Å². The zero-order chi connectivity index (χ0) is 22.4. The number of aliphatic imine (C=N–C) groups is 1. The Morgan fingerprint density at radius 2 is 1.68 bits per heavy atom. The topological polar surface area (TPSA) is 99.9 Å². The lowest BCUT2D eigenvalue weighted by Crippen LogP contribution is -2.31. The molecule has 0 aliphatic heterocycles. The quantitative estimate of drug-likeness (QED) is 0.543. The molecule has 0 atom stereocenters. The summed E-state index contributed by atoms with van der Waals surface area (Å²) in [5, 5.41) is 10.6. The van der Waals surface area contributed by atoms with E-state index in [9.17, 15) is 14.7 Å². The van der Waals surface area contributed by atoms with Crippen LogP contribution in [-0.2, 0) is 0 Å². The number of aromatic amines is 1. The van der Waals surface area contributed by atoms with E-state index in [1.807, 2.05) is 31.2 Å². The molecule has 3 aromatic rings. The summed E-state index contributed by atoms with van der Waals surface area (Å²) in [7, 11) is 0. The molecule has 0 bridgehead atoms. The Kier molecular flexibility index (Phi) is 6.92. The fourth-order valence-corrected chi connectivity index (χ4v) is 3.23. The van der Waals surface area contributed by atoms with Crippen molar-refractivity contribution in [3.05, 3.63) is 74.9 Å². The minimum Gasteiger partial charge on any atom is -0.494 e. The number of H-pyrrole nitrogens is 1. The average Bonchev–Trinajstić information content (AvgIpc) is 2.76. The van der Waals surface area contributed by atoms with Crippen LogP contribution < -0.4 is 20.9 Å². The van der Waals surface area contributed by atoms with Gasteiger partial charge in [-0.25, -0.2) is 9.36 Å². The molecular formula is C23H26N4O4. The second-order valence-electron chi connectivity index (χ2n) is 6.71. The summed E-state index contributed by atoms with van der Waals surface area (Å²) in [6.07, 6.45) is 1.26. The van der Waals surface area contributed by atoms with Gasteiger partial charge >= 0.3 is 5.69 Å². The summed E-state index contributed by atoms with van der Waals surface area (Å²) in [6.45, 7) is 8.35. The zero-order valence-corrected chi connectivity index (χ0v) is 17.8. The van der Waals surface area contributed by atoms with Crippen molar-refractivity contribution >= 4 is 17.6 Å². The van der Waals surface area contributed by atoms with E-state index in [1.165, 1.54) is 6.21 Å². The molecule has 0 amide bonds. The van der Waals surface area contributed by atoms with E-state index < -0.39 is 17.1 Å². The third-order valence-corrected chi connectivity index (χ3v) is 4.85. The number of aromatic hydroxyl groups is 1. The van der Waals surface area contributed by atoms with Crippen molar-refractivity contribution in [2.75, 3.05) is 24.6 Å². The van der Waals surface area contributed by atoms with Crippen LogP contribution in [0.25, 0.3) is 5.69 Å². The molecule has 0 saturated heterocycles. The molecule has 0 aliphatic carbocycles. The molecule has 2 N–H and O–H groups in total. The molecule has 2 aromatic carbocycles. The Bertz CT molecular complexity index is 1160. The van der Waals surface area contributed by atoms with Gasteiger partial charge in [0.15, 0.2) is 0 Å². The first kappa shape index (κ1) is 21.9. The number of ether oxygens (including phenoxy) is 1. The monoisotopic (exact) mass is 422 g/mol. The van der Waals surface area contributed by atoms with Crippen LogP contribution in [0, 0.1) is 0 Å². The largest absolute Gasteiger partial charge is 0.494 e. The van der Waals surface area contributed by atoms with Crippen molar-refractivity contribution in [3.8, 4) is 17.3 Å². The van der Waals surface area contributed by atoms with Crippen molar-refractivity contribution in [1.29, 1.82) is 0 Å². The van der Waals surface area contributed by atoms with Crippen LogP contribution in [0.5, 0.6) is 11.6 Å². The normalized spacial score (nSPS) is 11.1. The van der Waals surface area contributed by atoms with Gasteiger partial charge in [0.2, 0.25) is 5.88 Å². The molecule has 0 radical (unpaired) electrons. The maximum absolute atomic E-state index is 12.3. The van der Waals surface area contributed by atoms with Crippen molar-refractivity contribution in [2.24, 2.45) is 4.99 Å². The van der Waals surface area contributed by atoms with Gasteiger partial charge in [-0.1, -0.05) is 0 Å². The average molecular weight is 422 g/mol. The zero-order valence-electron chi connectivity index (χ0n) is 17.8. The Hall–Kier alpha value is -3.81. The third-order valence-electron chi connectivity index (χ3n) is 4.85. The van der Waals surface area contributed by atoms with E-state index >= 15 is 0 Å². The highest BCUT2D eigenvalue weighted by molar-refractivity contribution is 5.84. The first-order valence-corrected chi connectivity index (χ1v) is 10.2. The summed E-state index contributed by atoms with van der Waals surface area (Å²) < 4.78 is 6.41. The lowest BCUT2D eigenvalue weighted by Gasteiger charge is -2.20. The minimum absolute atomic E-state index is 0.110. The highest BCUT2D eigenvalue weighted by Crippen LogP contribution is 2.21. The molecule has 0 unspecified atom stereocenters. The SMILES string of the molecule is CCOc1ccc(-n2c(O)c(C=Nc3ccc(N(CC)CC)cc3)c(=O)[nH]c2=O)cc1. The van der Waals surface area contributed by atoms with E-state index in [4.69, 9.17) is 4.74 Å². The van der Waals surface area contributed by atoms with Gasteiger partial charge in [0.1, 0.15) is 11.3 Å². The van der Waals surface area contributed by atoms with E-state index in [2.05, 4.69) is 28.7 Å². The standard InChI is InChI=1S/C23H26N4O4/c1-4-26(5-2)17-9-7-16(8-10-17)24-15-20-21(28)25-23(30)27(22(20)29)18-11-13-19(14-12-18)31-6-3/h7-15,29H,4-6H2,1-3H3,(H,25,28,30). The van der Waals surface area contributed by atoms with E-state index in [1.54, 1.807) is 24.3 Å².